The number of rotatable bonds is 3. The highest BCUT2D eigenvalue weighted by Gasteiger charge is 2.09. The Morgan fingerprint density at radius 1 is 1.53 bits per heavy atom. The Kier molecular flexibility index (Phi) is 4.38. The van der Waals surface area contributed by atoms with Crippen molar-refractivity contribution in [3.63, 3.8) is 0 Å². The number of nitrogen functional groups attached to an aromatic ring is 1. The fourth-order valence-electron chi connectivity index (χ4n) is 1.19. The van der Waals surface area contributed by atoms with Crippen LogP contribution in [0.3, 0.4) is 0 Å². The summed E-state index contributed by atoms with van der Waals surface area (Å²) in [5.74, 6) is 5.69. The normalized spacial score (nSPS) is 9.20. The minimum absolute atomic E-state index is 0.0666. The van der Waals surface area contributed by atoms with Gasteiger partial charge in [0, 0.05) is 28.6 Å². The Morgan fingerprint density at radius 2 is 2.27 bits per heavy atom. The van der Waals surface area contributed by atoms with Crippen LogP contribution in [0, 0.1) is 11.8 Å². The molecule has 0 aliphatic heterocycles. The van der Waals surface area contributed by atoms with Crippen LogP contribution in [0.15, 0.2) is 22.7 Å². The number of ketones is 1. The van der Waals surface area contributed by atoms with Gasteiger partial charge in [-0.25, -0.2) is 0 Å². The molecule has 0 aliphatic rings. The monoisotopic (exact) mass is 265 g/mol. The van der Waals surface area contributed by atoms with Crippen molar-refractivity contribution in [3.05, 3.63) is 28.2 Å². The molecule has 15 heavy (non-hydrogen) atoms. The highest BCUT2D eigenvalue weighted by Crippen LogP contribution is 2.21. The molecular weight excluding hydrogens is 254 g/mol. The molecule has 1 rings (SSSR count). The van der Waals surface area contributed by atoms with Crippen molar-refractivity contribution in [3.8, 4) is 11.8 Å². The van der Waals surface area contributed by atoms with Gasteiger partial charge < -0.3 is 5.73 Å². The summed E-state index contributed by atoms with van der Waals surface area (Å²) in [4.78, 5) is 11.7. The van der Waals surface area contributed by atoms with Gasteiger partial charge in [0.15, 0.2) is 5.78 Å². The molecule has 0 radical (unpaired) electrons. The largest absolute Gasteiger partial charge is 0.399 e. The van der Waals surface area contributed by atoms with Crippen LogP contribution in [-0.4, -0.2) is 5.78 Å². The molecule has 0 saturated heterocycles. The van der Waals surface area contributed by atoms with Gasteiger partial charge in [-0.05, 0) is 25.1 Å². The van der Waals surface area contributed by atoms with Gasteiger partial charge in [0.05, 0.1) is 0 Å². The molecular formula is C12H12BrNO. The van der Waals surface area contributed by atoms with Crippen LogP contribution in [0.1, 0.15) is 30.1 Å². The summed E-state index contributed by atoms with van der Waals surface area (Å²) in [6.07, 6.45) is 1.03. The smallest absolute Gasteiger partial charge is 0.165 e. The van der Waals surface area contributed by atoms with Gasteiger partial charge in [0.25, 0.3) is 0 Å². The molecule has 0 amide bonds. The molecule has 0 unspecified atom stereocenters. The predicted octanol–water partition coefficient (Wildman–Crippen LogP) is 3.02. The van der Waals surface area contributed by atoms with E-state index in [2.05, 4.69) is 27.8 Å². The molecule has 0 aromatic heterocycles. The van der Waals surface area contributed by atoms with E-state index in [0.29, 0.717) is 24.1 Å². The van der Waals surface area contributed by atoms with Crippen LogP contribution in [-0.2, 0) is 0 Å². The first-order chi connectivity index (χ1) is 7.15. The maximum absolute atomic E-state index is 11.7. The van der Waals surface area contributed by atoms with Crippen LogP contribution in [0.4, 0.5) is 5.69 Å². The Balaban J connectivity index is 2.80. The number of halogens is 1. The molecule has 2 N–H and O–H groups in total. The summed E-state index contributed by atoms with van der Waals surface area (Å²) in [5, 5.41) is 0. The van der Waals surface area contributed by atoms with Crippen molar-refractivity contribution in [1.82, 2.24) is 0 Å². The average molecular weight is 266 g/mol. The van der Waals surface area contributed by atoms with Crippen LogP contribution in [0.25, 0.3) is 0 Å². The van der Waals surface area contributed by atoms with E-state index in [4.69, 9.17) is 5.73 Å². The predicted molar refractivity (Wildman–Crippen MR) is 65.6 cm³/mol. The topological polar surface area (TPSA) is 43.1 Å². The standard InChI is InChI=1S/C12H12BrNO/c1-2-3-4-5-12(15)10-8-9(14)6-7-11(10)13/h6-8H,4-5,14H2,1H3. The van der Waals surface area contributed by atoms with E-state index in [0.717, 1.165) is 4.47 Å². The summed E-state index contributed by atoms with van der Waals surface area (Å²) in [6.45, 7) is 1.76. The first-order valence-corrected chi connectivity index (χ1v) is 5.42. The molecule has 0 atom stereocenters. The lowest BCUT2D eigenvalue weighted by Gasteiger charge is -2.03. The number of anilines is 1. The molecule has 0 heterocycles. The third-order valence-electron chi connectivity index (χ3n) is 1.94. The fourth-order valence-corrected chi connectivity index (χ4v) is 1.66. The van der Waals surface area contributed by atoms with Crippen LogP contribution >= 0.6 is 15.9 Å². The van der Waals surface area contributed by atoms with E-state index < -0.39 is 0 Å². The van der Waals surface area contributed by atoms with Crippen LogP contribution < -0.4 is 5.73 Å². The second-order valence-electron chi connectivity index (χ2n) is 3.09. The second kappa shape index (κ2) is 5.57. The Morgan fingerprint density at radius 3 is 2.93 bits per heavy atom. The number of carbonyl (C=O) groups excluding carboxylic acids is 1. The van der Waals surface area contributed by atoms with Crippen molar-refractivity contribution in [2.45, 2.75) is 19.8 Å². The Hall–Kier alpha value is -1.27. The zero-order valence-corrected chi connectivity index (χ0v) is 10.1. The molecule has 0 bridgehead atoms. The summed E-state index contributed by atoms with van der Waals surface area (Å²) in [5.41, 5.74) is 6.85. The van der Waals surface area contributed by atoms with E-state index in [-0.39, 0.29) is 5.78 Å². The van der Waals surface area contributed by atoms with Crippen LogP contribution in [0.5, 0.6) is 0 Å². The van der Waals surface area contributed by atoms with Gasteiger partial charge in [-0.2, -0.15) is 0 Å². The zero-order chi connectivity index (χ0) is 11.3. The molecule has 1 aromatic rings. The lowest BCUT2D eigenvalue weighted by molar-refractivity contribution is 0.0983. The first-order valence-electron chi connectivity index (χ1n) is 4.63. The lowest BCUT2D eigenvalue weighted by Crippen LogP contribution is -2.00. The van der Waals surface area contributed by atoms with Gasteiger partial charge in [-0.3, -0.25) is 4.79 Å². The molecule has 1 aromatic carbocycles. The maximum atomic E-state index is 11.7. The molecule has 0 saturated carbocycles. The number of nitrogens with two attached hydrogens (primary N) is 1. The highest BCUT2D eigenvalue weighted by atomic mass is 79.9. The highest BCUT2D eigenvalue weighted by molar-refractivity contribution is 9.10. The average Bonchev–Trinajstić information content (AvgIpc) is 2.22. The quantitative estimate of drug-likeness (QED) is 0.519. The third-order valence-corrected chi connectivity index (χ3v) is 2.64. The molecule has 78 valence electrons. The van der Waals surface area contributed by atoms with Gasteiger partial charge in [0.2, 0.25) is 0 Å². The number of hydrogen-bond donors (Lipinski definition) is 1. The van der Waals surface area contributed by atoms with Crippen molar-refractivity contribution in [1.29, 1.82) is 0 Å². The summed E-state index contributed by atoms with van der Waals surface area (Å²) >= 11 is 3.33. The molecule has 0 fully saturated rings. The van der Waals surface area contributed by atoms with Crippen molar-refractivity contribution < 1.29 is 4.79 Å². The minimum Gasteiger partial charge on any atom is -0.399 e. The van der Waals surface area contributed by atoms with Gasteiger partial charge in [-0.15, -0.1) is 11.8 Å². The second-order valence-corrected chi connectivity index (χ2v) is 3.94. The van der Waals surface area contributed by atoms with Crippen molar-refractivity contribution >= 4 is 27.4 Å². The summed E-state index contributed by atoms with van der Waals surface area (Å²) < 4.78 is 0.783. The number of carbonyl (C=O) groups is 1. The van der Waals surface area contributed by atoms with E-state index >= 15 is 0 Å². The fraction of sp³-hybridized carbons (Fsp3) is 0.250. The van der Waals surface area contributed by atoms with Gasteiger partial charge in [-0.1, -0.05) is 15.9 Å². The lowest BCUT2D eigenvalue weighted by atomic mass is 10.1. The van der Waals surface area contributed by atoms with E-state index in [1.807, 2.05) is 0 Å². The van der Waals surface area contributed by atoms with E-state index in [1.165, 1.54) is 0 Å². The number of Topliss-reactive ketones (excluding diaryl/α,β-unsaturated/α-hetero) is 1. The molecule has 0 spiro atoms. The SMILES string of the molecule is CC#CCCC(=O)c1cc(N)ccc1Br. The Labute approximate surface area is 98.0 Å². The molecule has 3 heteroatoms. The first kappa shape index (κ1) is 11.8. The summed E-state index contributed by atoms with van der Waals surface area (Å²) in [6, 6.07) is 5.23. The van der Waals surface area contributed by atoms with Crippen molar-refractivity contribution in [2.75, 3.05) is 5.73 Å². The van der Waals surface area contributed by atoms with Gasteiger partial charge >= 0.3 is 0 Å². The molecule has 0 aliphatic carbocycles. The zero-order valence-electron chi connectivity index (χ0n) is 8.51. The molecule has 2 nitrogen and oxygen atoms in total. The van der Waals surface area contributed by atoms with Crippen molar-refractivity contribution in [2.24, 2.45) is 0 Å². The third kappa shape index (κ3) is 3.41. The van der Waals surface area contributed by atoms with E-state index in [1.54, 1.807) is 25.1 Å². The number of hydrogen-bond acceptors (Lipinski definition) is 2. The minimum atomic E-state index is 0.0666. The number of benzene rings is 1. The van der Waals surface area contributed by atoms with Crippen LogP contribution in [0.2, 0.25) is 0 Å². The Bertz CT molecular complexity index is 429. The van der Waals surface area contributed by atoms with E-state index in [9.17, 15) is 4.79 Å². The summed E-state index contributed by atoms with van der Waals surface area (Å²) in [7, 11) is 0. The van der Waals surface area contributed by atoms with Gasteiger partial charge in [0.1, 0.15) is 0 Å². The maximum Gasteiger partial charge on any atom is 0.165 e.